The molecular weight excluding hydrogens is 272 g/mol. The van der Waals surface area contributed by atoms with E-state index in [1.165, 1.54) is 12.1 Å². The molecule has 19 heavy (non-hydrogen) atoms. The fourth-order valence-electron chi connectivity index (χ4n) is 1.89. The average Bonchev–Trinajstić information content (AvgIpc) is 2.37. The highest BCUT2D eigenvalue weighted by Gasteiger charge is 2.29. The number of nitrogens with zero attached hydrogens (tertiary/aromatic N) is 1. The van der Waals surface area contributed by atoms with Crippen LogP contribution in [0.2, 0.25) is 5.15 Å². The number of ether oxygens (including phenoxy) is 1. The minimum Gasteiger partial charge on any atom is -0.478 e. The van der Waals surface area contributed by atoms with Crippen molar-refractivity contribution in [2.45, 2.75) is 18.4 Å². The number of pyridine rings is 1. The molecule has 0 radical (unpaired) electrons. The molecule has 3 N–H and O–H groups in total. The van der Waals surface area contributed by atoms with E-state index in [0.717, 1.165) is 0 Å². The minimum atomic E-state index is -1.07. The van der Waals surface area contributed by atoms with Gasteiger partial charge in [0.05, 0.1) is 11.2 Å². The largest absolute Gasteiger partial charge is 0.478 e. The Morgan fingerprint density at radius 1 is 1.47 bits per heavy atom. The van der Waals surface area contributed by atoms with Gasteiger partial charge in [0.15, 0.2) is 0 Å². The maximum Gasteiger partial charge on any atom is 0.335 e. The number of hydrogen-bond donors (Lipinski definition) is 3. The summed E-state index contributed by atoms with van der Waals surface area (Å²) in [5.74, 6) is -0.734. The number of nitrogens with one attached hydrogen (secondary N) is 1. The Balaban J connectivity index is 2.04. The van der Waals surface area contributed by atoms with Crippen LogP contribution in [0.1, 0.15) is 23.2 Å². The van der Waals surface area contributed by atoms with Crippen molar-refractivity contribution in [3.63, 3.8) is 0 Å². The zero-order chi connectivity index (χ0) is 13.9. The van der Waals surface area contributed by atoms with Gasteiger partial charge in [0.2, 0.25) is 0 Å². The van der Waals surface area contributed by atoms with Gasteiger partial charge >= 0.3 is 5.97 Å². The smallest absolute Gasteiger partial charge is 0.335 e. The van der Waals surface area contributed by atoms with Crippen LogP contribution < -0.4 is 5.32 Å². The molecule has 2 heterocycles. The lowest BCUT2D eigenvalue weighted by Crippen LogP contribution is -2.42. The van der Waals surface area contributed by atoms with E-state index in [4.69, 9.17) is 21.4 Å². The Morgan fingerprint density at radius 3 is 2.79 bits per heavy atom. The number of carboxylic acids is 1. The van der Waals surface area contributed by atoms with Crippen molar-refractivity contribution in [2.75, 3.05) is 25.1 Å². The second kappa shape index (κ2) is 5.73. The topological polar surface area (TPSA) is 91.7 Å². The first-order valence-corrected chi connectivity index (χ1v) is 6.31. The van der Waals surface area contributed by atoms with Crippen molar-refractivity contribution >= 4 is 23.4 Å². The predicted octanol–water partition coefficient (Wildman–Crippen LogP) is 1.39. The molecule has 0 spiro atoms. The molecule has 1 fully saturated rings. The summed E-state index contributed by atoms with van der Waals surface area (Å²) in [4.78, 5) is 14.9. The van der Waals surface area contributed by atoms with E-state index in [-0.39, 0.29) is 17.3 Å². The van der Waals surface area contributed by atoms with Crippen LogP contribution >= 0.6 is 11.6 Å². The molecule has 1 saturated heterocycles. The summed E-state index contributed by atoms with van der Waals surface area (Å²) in [6.45, 7) is 1.31. The van der Waals surface area contributed by atoms with E-state index in [1.807, 2.05) is 0 Å². The molecule has 2 rings (SSSR count). The van der Waals surface area contributed by atoms with Crippen LogP contribution in [0.15, 0.2) is 12.1 Å². The van der Waals surface area contributed by atoms with Crippen LogP contribution in [-0.4, -0.2) is 46.5 Å². The van der Waals surface area contributed by atoms with E-state index < -0.39 is 11.6 Å². The summed E-state index contributed by atoms with van der Waals surface area (Å²) >= 11 is 5.75. The fraction of sp³-hybridized carbons (Fsp3) is 0.500. The van der Waals surface area contributed by atoms with Gasteiger partial charge in [-0.3, -0.25) is 0 Å². The van der Waals surface area contributed by atoms with Crippen LogP contribution in [0.25, 0.3) is 0 Å². The zero-order valence-corrected chi connectivity index (χ0v) is 11.0. The maximum absolute atomic E-state index is 10.9. The number of halogens is 1. The van der Waals surface area contributed by atoms with Crippen LogP contribution in [0, 0.1) is 0 Å². The molecule has 0 atom stereocenters. The Bertz CT molecular complexity index is 475. The maximum atomic E-state index is 10.9. The number of carbonyl (C=O) groups is 1. The summed E-state index contributed by atoms with van der Waals surface area (Å²) in [5.41, 5.74) is -0.799. The van der Waals surface area contributed by atoms with Gasteiger partial charge in [0.1, 0.15) is 11.0 Å². The number of aromatic nitrogens is 1. The third kappa shape index (κ3) is 3.79. The minimum absolute atomic E-state index is 0.0569. The highest BCUT2D eigenvalue weighted by atomic mass is 35.5. The third-order valence-corrected chi connectivity index (χ3v) is 3.26. The van der Waals surface area contributed by atoms with Gasteiger partial charge in [-0.05, 0) is 12.1 Å². The fourth-order valence-corrected chi connectivity index (χ4v) is 2.10. The average molecular weight is 287 g/mol. The standard InChI is InChI=1S/C12H15ClN2O4/c13-9-5-8(11(16)17)6-10(15-9)14-7-12(18)1-3-19-4-2-12/h5-6,18H,1-4,7H2,(H,14,15)(H,16,17). The van der Waals surface area contributed by atoms with Crippen molar-refractivity contribution in [2.24, 2.45) is 0 Å². The molecule has 7 heteroatoms. The first-order valence-electron chi connectivity index (χ1n) is 5.93. The van der Waals surface area contributed by atoms with E-state index in [1.54, 1.807) is 0 Å². The quantitative estimate of drug-likeness (QED) is 0.725. The lowest BCUT2D eigenvalue weighted by Gasteiger charge is -2.32. The monoisotopic (exact) mass is 286 g/mol. The molecule has 1 aliphatic rings. The molecule has 0 bridgehead atoms. The number of rotatable bonds is 4. The summed E-state index contributed by atoms with van der Waals surface area (Å²) in [6, 6.07) is 2.66. The molecule has 0 unspecified atom stereocenters. The molecule has 0 aliphatic carbocycles. The predicted molar refractivity (Wildman–Crippen MR) is 69.7 cm³/mol. The van der Waals surface area contributed by atoms with Gasteiger partial charge in [0.25, 0.3) is 0 Å². The summed E-state index contributed by atoms with van der Waals surface area (Å²) < 4.78 is 5.18. The number of aliphatic hydroxyl groups is 1. The van der Waals surface area contributed by atoms with Crippen molar-refractivity contribution < 1.29 is 19.7 Å². The Kier molecular flexibility index (Phi) is 4.24. The van der Waals surface area contributed by atoms with Gasteiger partial charge in [0, 0.05) is 32.6 Å². The summed E-state index contributed by atoms with van der Waals surface area (Å²) in [7, 11) is 0. The van der Waals surface area contributed by atoms with Gasteiger partial charge in [-0.1, -0.05) is 11.6 Å². The summed E-state index contributed by atoms with van der Waals surface area (Å²) in [6.07, 6.45) is 1.07. The molecule has 1 aromatic heterocycles. The molecule has 1 aliphatic heterocycles. The normalized spacial score (nSPS) is 18.0. The van der Waals surface area contributed by atoms with Gasteiger partial charge in [-0.2, -0.15) is 0 Å². The molecule has 0 saturated carbocycles. The molecule has 1 aromatic rings. The highest BCUT2D eigenvalue weighted by molar-refractivity contribution is 6.29. The summed E-state index contributed by atoms with van der Waals surface area (Å²) in [5, 5.41) is 22.2. The third-order valence-electron chi connectivity index (χ3n) is 3.06. The number of hydrogen-bond acceptors (Lipinski definition) is 5. The molecule has 104 valence electrons. The van der Waals surface area contributed by atoms with Crippen LogP contribution in [0.4, 0.5) is 5.82 Å². The highest BCUT2D eigenvalue weighted by Crippen LogP contribution is 2.22. The SMILES string of the molecule is O=C(O)c1cc(Cl)nc(NCC2(O)CCOCC2)c1. The van der Waals surface area contributed by atoms with Crippen molar-refractivity contribution in [3.05, 3.63) is 22.8 Å². The molecule has 6 nitrogen and oxygen atoms in total. The van der Waals surface area contributed by atoms with Gasteiger partial charge in [-0.15, -0.1) is 0 Å². The Morgan fingerprint density at radius 2 is 2.16 bits per heavy atom. The van der Waals surface area contributed by atoms with Crippen molar-refractivity contribution in [3.8, 4) is 0 Å². The number of carboxylic acid groups (broad SMARTS) is 1. The first-order chi connectivity index (χ1) is 8.98. The zero-order valence-electron chi connectivity index (χ0n) is 10.2. The molecular formula is C12H15ClN2O4. The van der Waals surface area contributed by atoms with E-state index in [0.29, 0.717) is 31.9 Å². The van der Waals surface area contributed by atoms with Gasteiger partial charge < -0.3 is 20.3 Å². The van der Waals surface area contributed by atoms with Crippen LogP contribution in [-0.2, 0) is 4.74 Å². The van der Waals surface area contributed by atoms with Crippen LogP contribution in [0.3, 0.4) is 0 Å². The van der Waals surface area contributed by atoms with E-state index >= 15 is 0 Å². The Hall–Kier alpha value is -1.37. The Labute approximate surface area is 115 Å². The molecule has 0 aromatic carbocycles. The second-order valence-electron chi connectivity index (χ2n) is 4.56. The second-order valence-corrected chi connectivity index (χ2v) is 4.95. The van der Waals surface area contributed by atoms with E-state index in [2.05, 4.69) is 10.3 Å². The lowest BCUT2D eigenvalue weighted by atomic mass is 9.94. The molecule has 0 amide bonds. The van der Waals surface area contributed by atoms with Crippen molar-refractivity contribution in [1.29, 1.82) is 0 Å². The number of aromatic carboxylic acids is 1. The lowest BCUT2D eigenvalue weighted by molar-refractivity contribution is -0.0543. The van der Waals surface area contributed by atoms with Gasteiger partial charge in [-0.25, -0.2) is 9.78 Å². The number of anilines is 1. The first kappa shape index (κ1) is 14.0. The van der Waals surface area contributed by atoms with E-state index in [9.17, 15) is 9.90 Å². The van der Waals surface area contributed by atoms with Crippen molar-refractivity contribution in [1.82, 2.24) is 4.98 Å². The van der Waals surface area contributed by atoms with Crippen LogP contribution in [0.5, 0.6) is 0 Å².